The van der Waals surface area contributed by atoms with Crippen LogP contribution in [0.25, 0.3) is 6.08 Å². The second-order valence-electron chi connectivity index (χ2n) is 6.86. The van der Waals surface area contributed by atoms with E-state index in [0.717, 1.165) is 16.7 Å². The molecule has 0 unspecified atom stereocenters. The molecule has 0 radical (unpaired) electrons. The van der Waals surface area contributed by atoms with Gasteiger partial charge in [0.25, 0.3) is 17.1 Å². The number of carbonyl (C=O) groups excluding carboxylic acids is 3. The van der Waals surface area contributed by atoms with Crippen molar-refractivity contribution in [2.45, 2.75) is 13.8 Å². The van der Waals surface area contributed by atoms with Crippen molar-refractivity contribution in [1.29, 1.82) is 0 Å². The summed E-state index contributed by atoms with van der Waals surface area (Å²) in [6, 6.07) is 12.2. The van der Waals surface area contributed by atoms with E-state index in [-0.39, 0.29) is 24.2 Å². The van der Waals surface area contributed by atoms with Crippen LogP contribution in [0.2, 0.25) is 0 Å². The van der Waals surface area contributed by atoms with Gasteiger partial charge in [-0.2, -0.15) is 0 Å². The lowest BCUT2D eigenvalue weighted by Crippen LogP contribution is -2.37. The molecular formula is C24H26N2O6S. The Morgan fingerprint density at radius 2 is 1.76 bits per heavy atom. The van der Waals surface area contributed by atoms with Crippen molar-refractivity contribution in [3.8, 4) is 17.2 Å². The molecule has 2 aromatic rings. The van der Waals surface area contributed by atoms with Crippen LogP contribution in [0.15, 0.2) is 47.4 Å². The number of ether oxygens (including phenoxy) is 3. The summed E-state index contributed by atoms with van der Waals surface area (Å²) in [4.78, 5) is 39.1. The number of nitrogens with one attached hydrogen (secondary N) is 1. The summed E-state index contributed by atoms with van der Waals surface area (Å²) >= 11 is 0.863. The summed E-state index contributed by atoms with van der Waals surface area (Å²) in [5, 5.41) is 2.36. The summed E-state index contributed by atoms with van der Waals surface area (Å²) in [7, 11) is 1.54. The van der Waals surface area contributed by atoms with Gasteiger partial charge in [-0.3, -0.25) is 19.3 Å². The van der Waals surface area contributed by atoms with Crippen molar-refractivity contribution in [3.05, 3.63) is 58.5 Å². The van der Waals surface area contributed by atoms with Crippen LogP contribution in [-0.4, -0.2) is 55.4 Å². The summed E-state index contributed by atoms with van der Waals surface area (Å²) in [5.74, 6) is 0.897. The molecule has 0 aliphatic carbocycles. The van der Waals surface area contributed by atoms with E-state index in [1.165, 1.54) is 7.11 Å². The Hall–Kier alpha value is -3.46. The third-order valence-electron chi connectivity index (χ3n) is 4.71. The van der Waals surface area contributed by atoms with E-state index in [1.54, 1.807) is 48.5 Å². The zero-order chi connectivity index (χ0) is 23.8. The predicted molar refractivity (Wildman–Crippen MR) is 127 cm³/mol. The van der Waals surface area contributed by atoms with Crippen LogP contribution in [0, 0.1) is 0 Å². The van der Waals surface area contributed by atoms with Crippen LogP contribution in [0.3, 0.4) is 0 Å². The van der Waals surface area contributed by atoms with Crippen LogP contribution in [0.4, 0.5) is 4.79 Å². The Balaban J connectivity index is 1.63. The SMILES string of the molecule is CCOc1ccc(/C=C2/SC(=O)N(CCNC(=O)c3ccccc3OCC)C2=O)cc1OC. The molecule has 1 aliphatic heterocycles. The molecule has 2 aromatic carbocycles. The molecule has 1 N–H and O–H groups in total. The maximum Gasteiger partial charge on any atom is 0.293 e. The summed E-state index contributed by atoms with van der Waals surface area (Å²) in [5.41, 5.74) is 1.11. The highest BCUT2D eigenvalue weighted by molar-refractivity contribution is 8.18. The highest BCUT2D eigenvalue weighted by Gasteiger charge is 2.34. The molecule has 0 saturated carbocycles. The number of hydrogen-bond donors (Lipinski definition) is 1. The van der Waals surface area contributed by atoms with Gasteiger partial charge in [0.2, 0.25) is 0 Å². The van der Waals surface area contributed by atoms with Crippen molar-refractivity contribution >= 4 is 34.9 Å². The third-order valence-corrected chi connectivity index (χ3v) is 5.62. The van der Waals surface area contributed by atoms with Gasteiger partial charge in [0.1, 0.15) is 5.75 Å². The number of rotatable bonds is 10. The van der Waals surface area contributed by atoms with Crippen LogP contribution in [-0.2, 0) is 4.79 Å². The lowest BCUT2D eigenvalue weighted by Gasteiger charge is -2.14. The minimum absolute atomic E-state index is 0.0666. The Morgan fingerprint density at radius 1 is 1.03 bits per heavy atom. The number of amides is 3. The van der Waals surface area contributed by atoms with E-state index in [9.17, 15) is 14.4 Å². The van der Waals surface area contributed by atoms with E-state index in [1.807, 2.05) is 13.8 Å². The lowest BCUT2D eigenvalue weighted by atomic mass is 10.2. The number of nitrogens with zero attached hydrogens (tertiary/aromatic N) is 1. The molecule has 3 rings (SSSR count). The molecule has 9 heteroatoms. The van der Waals surface area contributed by atoms with Gasteiger partial charge < -0.3 is 19.5 Å². The number of methoxy groups -OCH3 is 1. The van der Waals surface area contributed by atoms with Gasteiger partial charge in [0, 0.05) is 13.1 Å². The fourth-order valence-electron chi connectivity index (χ4n) is 3.20. The van der Waals surface area contributed by atoms with Crippen molar-refractivity contribution in [2.24, 2.45) is 0 Å². The maximum atomic E-state index is 12.8. The van der Waals surface area contributed by atoms with Gasteiger partial charge in [0.05, 0.1) is 30.8 Å². The fourth-order valence-corrected chi connectivity index (χ4v) is 4.07. The number of carbonyl (C=O) groups is 3. The fraction of sp³-hybridized carbons (Fsp3) is 0.292. The van der Waals surface area contributed by atoms with Crippen molar-refractivity contribution in [1.82, 2.24) is 10.2 Å². The molecular weight excluding hydrogens is 444 g/mol. The minimum atomic E-state index is -0.401. The van der Waals surface area contributed by atoms with Gasteiger partial charge >= 0.3 is 0 Å². The largest absolute Gasteiger partial charge is 0.493 e. The highest BCUT2D eigenvalue weighted by atomic mass is 32.2. The number of para-hydroxylation sites is 1. The average Bonchev–Trinajstić information content (AvgIpc) is 3.08. The Labute approximate surface area is 196 Å². The maximum absolute atomic E-state index is 12.8. The Bertz CT molecular complexity index is 1070. The first kappa shape index (κ1) is 24.2. The number of imide groups is 1. The van der Waals surface area contributed by atoms with E-state index in [4.69, 9.17) is 14.2 Å². The van der Waals surface area contributed by atoms with Gasteiger partial charge in [-0.05, 0) is 61.5 Å². The Kier molecular flexibility index (Phi) is 8.37. The molecule has 0 aromatic heterocycles. The molecule has 0 atom stereocenters. The van der Waals surface area contributed by atoms with Gasteiger partial charge in [-0.1, -0.05) is 18.2 Å². The van der Waals surface area contributed by atoms with Crippen LogP contribution in [0.5, 0.6) is 17.2 Å². The van der Waals surface area contributed by atoms with E-state index in [2.05, 4.69) is 5.32 Å². The number of thioether (sulfide) groups is 1. The second kappa shape index (κ2) is 11.4. The predicted octanol–water partition coefficient (Wildman–Crippen LogP) is 3.96. The summed E-state index contributed by atoms with van der Waals surface area (Å²) in [6.07, 6.45) is 1.64. The quantitative estimate of drug-likeness (QED) is 0.525. The zero-order valence-corrected chi connectivity index (χ0v) is 19.6. The molecule has 8 nitrogen and oxygen atoms in total. The summed E-state index contributed by atoms with van der Waals surface area (Å²) in [6.45, 7) is 4.85. The van der Waals surface area contributed by atoms with Crippen molar-refractivity contribution in [2.75, 3.05) is 33.4 Å². The van der Waals surface area contributed by atoms with Gasteiger partial charge in [-0.15, -0.1) is 0 Å². The van der Waals surface area contributed by atoms with Crippen LogP contribution >= 0.6 is 11.8 Å². The zero-order valence-electron chi connectivity index (χ0n) is 18.8. The highest BCUT2D eigenvalue weighted by Crippen LogP contribution is 2.34. The number of benzene rings is 2. The van der Waals surface area contributed by atoms with Gasteiger partial charge in [-0.25, -0.2) is 0 Å². The second-order valence-corrected chi connectivity index (χ2v) is 7.85. The molecule has 0 bridgehead atoms. The molecule has 1 heterocycles. The molecule has 1 fully saturated rings. The normalized spacial score (nSPS) is 14.5. The molecule has 3 amide bonds. The lowest BCUT2D eigenvalue weighted by molar-refractivity contribution is -0.122. The van der Waals surface area contributed by atoms with Crippen LogP contribution < -0.4 is 19.5 Å². The minimum Gasteiger partial charge on any atom is -0.493 e. The molecule has 174 valence electrons. The molecule has 33 heavy (non-hydrogen) atoms. The van der Waals surface area contributed by atoms with Gasteiger partial charge in [0.15, 0.2) is 11.5 Å². The smallest absolute Gasteiger partial charge is 0.293 e. The topological polar surface area (TPSA) is 94.2 Å². The monoisotopic (exact) mass is 470 g/mol. The average molecular weight is 471 g/mol. The first-order chi connectivity index (χ1) is 16.0. The Morgan fingerprint density at radius 3 is 2.48 bits per heavy atom. The number of hydrogen-bond acceptors (Lipinski definition) is 7. The molecule has 1 aliphatic rings. The standard InChI is InChI=1S/C24H26N2O6S/c1-4-31-18-9-7-6-8-17(18)22(27)25-12-13-26-23(28)21(33-24(26)29)15-16-10-11-19(32-5-2)20(14-16)30-3/h6-11,14-15H,4-5,12-13H2,1-3H3,(H,25,27)/b21-15+. The van der Waals surface area contributed by atoms with E-state index in [0.29, 0.717) is 46.5 Å². The molecule has 0 spiro atoms. The molecule has 1 saturated heterocycles. The first-order valence-electron chi connectivity index (χ1n) is 10.5. The summed E-state index contributed by atoms with van der Waals surface area (Å²) < 4.78 is 16.3. The van der Waals surface area contributed by atoms with Crippen molar-refractivity contribution in [3.63, 3.8) is 0 Å². The third kappa shape index (κ3) is 5.87. The van der Waals surface area contributed by atoms with E-state index < -0.39 is 5.91 Å². The van der Waals surface area contributed by atoms with Crippen LogP contribution in [0.1, 0.15) is 29.8 Å². The first-order valence-corrected chi connectivity index (χ1v) is 11.4. The van der Waals surface area contributed by atoms with Crippen molar-refractivity contribution < 1.29 is 28.6 Å². The van der Waals surface area contributed by atoms with E-state index >= 15 is 0 Å².